The normalized spacial score (nSPS) is 18.0. The predicted octanol–water partition coefficient (Wildman–Crippen LogP) is 3.65. The zero-order valence-corrected chi connectivity index (χ0v) is 18.2. The van der Waals surface area contributed by atoms with E-state index in [4.69, 9.17) is 9.40 Å². The topological polar surface area (TPSA) is 103 Å². The molecule has 4 heterocycles. The molecule has 1 N–H and O–H groups in total. The number of carbonyl (C=O) groups is 1. The largest absolute Gasteiger partial charge is 0.451 e. The van der Waals surface area contributed by atoms with Crippen LogP contribution in [0.4, 0.5) is 0 Å². The summed E-state index contributed by atoms with van der Waals surface area (Å²) in [6.07, 6.45) is 4.40. The van der Waals surface area contributed by atoms with Crippen LogP contribution in [-0.2, 0) is 12.1 Å². The Bertz CT molecular complexity index is 1360. The highest BCUT2D eigenvalue weighted by Crippen LogP contribution is 2.31. The third kappa shape index (κ3) is 3.54. The second-order valence-electron chi connectivity index (χ2n) is 7.73. The van der Waals surface area contributed by atoms with E-state index < -0.39 is 5.54 Å². The molecule has 3 aromatic heterocycles. The van der Waals surface area contributed by atoms with Crippen molar-refractivity contribution in [3.63, 3.8) is 0 Å². The fourth-order valence-electron chi connectivity index (χ4n) is 3.98. The summed E-state index contributed by atoms with van der Waals surface area (Å²) in [5.41, 5.74) is 0.624. The number of carbonyl (C=O) groups excluding carboxylic acids is 1. The van der Waals surface area contributed by atoms with Gasteiger partial charge in [0.25, 0.3) is 11.5 Å². The first kappa shape index (κ1) is 19.6. The van der Waals surface area contributed by atoms with E-state index in [-0.39, 0.29) is 17.2 Å². The highest BCUT2D eigenvalue weighted by atomic mass is 79.9. The van der Waals surface area contributed by atoms with Crippen LogP contribution in [0.25, 0.3) is 22.4 Å². The number of fused-ring (bicyclic) bond motifs is 2. The molecule has 0 saturated carbocycles. The molecule has 1 aliphatic heterocycles. The summed E-state index contributed by atoms with van der Waals surface area (Å²) in [4.78, 5) is 38.7. The quantitative estimate of drug-likeness (QED) is 0.480. The van der Waals surface area contributed by atoms with Crippen LogP contribution in [0.3, 0.4) is 0 Å². The van der Waals surface area contributed by atoms with Gasteiger partial charge in [0.05, 0.1) is 16.9 Å². The third-order valence-electron chi connectivity index (χ3n) is 5.50. The summed E-state index contributed by atoms with van der Waals surface area (Å²) in [5.74, 6) is 0.359. The zero-order chi connectivity index (χ0) is 21.6. The molecule has 8 nitrogen and oxygen atoms in total. The Hall–Kier alpha value is -3.33. The average Bonchev–Trinajstić information content (AvgIpc) is 3.18. The SMILES string of the molecule is CC1(NC(=O)c2cc3cc(Br)ccc3o2)CCCn2c1nc(-c1ccncn1)cc2=O. The molecule has 4 aromatic rings. The van der Waals surface area contributed by atoms with Gasteiger partial charge >= 0.3 is 0 Å². The molecule has 1 aromatic carbocycles. The van der Waals surface area contributed by atoms with Crippen LogP contribution < -0.4 is 10.9 Å². The Morgan fingerprint density at radius 1 is 1.23 bits per heavy atom. The van der Waals surface area contributed by atoms with Crippen LogP contribution in [0.1, 0.15) is 36.1 Å². The van der Waals surface area contributed by atoms with E-state index in [1.807, 2.05) is 25.1 Å². The van der Waals surface area contributed by atoms with E-state index in [9.17, 15) is 9.59 Å². The Labute approximate surface area is 185 Å². The fraction of sp³-hybridized carbons (Fsp3) is 0.227. The summed E-state index contributed by atoms with van der Waals surface area (Å²) in [6.45, 7) is 2.43. The lowest BCUT2D eigenvalue weighted by Gasteiger charge is -2.36. The molecular formula is C22H18BrN5O3. The number of halogens is 1. The summed E-state index contributed by atoms with van der Waals surface area (Å²) < 4.78 is 8.26. The molecule has 0 aliphatic carbocycles. The number of nitrogens with one attached hydrogen (secondary N) is 1. The van der Waals surface area contributed by atoms with Crippen molar-refractivity contribution in [3.8, 4) is 11.4 Å². The Kier molecular flexibility index (Phi) is 4.70. The molecule has 0 bridgehead atoms. The molecule has 1 atom stereocenters. The minimum Gasteiger partial charge on any atom is -0.451 e. The third-order valence-corrected chi connectivity index (χ3v) is 5.99. The molecule has 0 fully saturated rings. The van der Waals surface area contributed by atoms with Crippen molar-refractivity contribution in [1.29, 1.82) is 0 Å². The van der Waals surface area contributed by atoms with Crippen LogP contribution in [-0.4, -0.2) is 25.4 Å². The average molecular weight is 480 g/mol. The van der Waals surface area contributed by atoms with E-state index >= 15 is 0 Å². The maximum atomic E-state index is 13.1. The number of furan rings is 1. The molecule has 0 saturated heterocycles. The van der Waals surface area contributed by atoms with Gasteiger partial charge in [0, 0.05) is 28.7 Å². The number of amides is 1. The van der Waals surface area contributed by atoms with Gasteiger partial charge in [-0.2, -0.15) is 0 Å². The molecule has 156 valence electrons. The number of hydrogen-bond donors (Lipinski definition) is 1. The number of benzene rings is 1. The molecule has 1 amide bonds. The van der Waals surface area contributed by atoms with Gasteiger partial charge in [-0.3, -0.25) is 14.2 Å². The summed E-state index contributed by atoms with van der Waals surface area (Å²) in [5, 5.41) is 3.88. The highest BCUT2D eigenvalue weighted by Gasteiger charge is 2.37. The van der Waals surface area contributed by atoms with Gasteiger partial charge in [0.2, 0.25) is 0 Å². The molecule has 1 aliphatic rings. The molecule has 31 heavy (non-hydrogen) atoms. The van der Waals surface area contributed by atoms with Gasteiger partial charge in [-0.05, 0) is 50.1 Å². The molecule has 0 radical (unpaired) electrons. The van der Waals surface area contributed by atoms with Crippen LogP contribution in [0.2, 0.25) is 0 Å². The number of nitrogens with zero attached hydrogens (tertiary/aromatic N) is 4. The van der Waals surface area contributed by atoms with Crippen LogP contribution in [0, 0.1) is 0 Å². The Morgan fingerprint density at radius 3 is 2.90 bits per heavy atom. The smallest absolute Gasteiger partial charge is 0.287 e. The summed E-state index contributed by atoms with van der Waals surface area (Å²) in [6, 6.07) is 10.4. The van der Waals surface area contributed by atoms with Crippen molar-refractivity contribution < 1.29 is 9.21 Å². The van der Waals surface area contributed by atoms with Crippen molar-refractivity contribution in [2.45, 2.75) is 31.8 Å². The van der Waals surface area contributed by atoms with Gasteiger partial charge in [0.15, 0.2) is 5.76 Å². The lowest BCUT2D eigenvalue weighted by Crippen LogP contribution is -2.50. The standard InChI is InChI=1S/C22H18BrN5O3/c1-22(27-20(30)18-10-13-9-14(23)3-4-17(13)31-18)6-2-8-28-19(29)11-16(26-21(22)28)15-5-7-24-12-25-15/h3-5,7,9-12H,2,6,8H2,1H3,(H,27,30). The van der Waals surface area contributed by atoms with Crippen LogP contribution in [0.5, 0.6) is 0 Å². The molecule has 9 heteroatoms. The van der Waals surface area contributed by atoms with E-state index in [1.54, 1.807) is 22.9 Å². The van der Waals surface area contributed by atoms with Crippen molar-refractivity contribution in [2.24, 2.45) is 0 Å². The molecule has 0 spiro atoms. The summed E-state index contributed by atoms with van der Waals surface area (Å²) in [7, 11) is 0. The second-order valence-corrected chi connectivity index (χ2v) is 8.65. The van der Waals surface area contributed by atoms with Gasteiger partial charge in [0.1, 0.15) is 17.7 Å². The Morgan fingerprint density at radius 2 is 2.10 bits per heavy atom. The number of rotatable bonds is 3. The Balaban J connectivity index is 1.53. The van der Waals surface area contributed by atoms with E-state index in [0.717, 1.165) is 16.3 Å². The molecule has 5 rings (SSSR count). The van der Waals surface area contributed by atoms with Crippen LogP contribution >= 0.6 is 15.9 Å². The first-order chi connectivity index (χ1) is 14.9. The minimum absolute atomic E-state index is 0.174. The second kappa shape index (κ2) is 7.42. The van der Waals surface area contributed by atoms with Crippen molar-refractivity contribution in [2.75, 3.05) is 0 Å². The first-order valence-electron chi connectivity index (χ1n) is 9.83. The lowest BCUT2D eigenvalue weighted by atomic mass is 9.90. The zero-order valence-electron chi connectivity index (χ0n) is 16.6. The fourth-order valence-corrected chi connectivity index (χ4v) is 4.35. The van der Waals surface area contributed by atoms with E-state index in [2.05, 4.69) is 31.2 Å². The van der Waals surface area contributed by atoms with Gasteiger partial charge in [-0.1, -0.05) is 15.9 Å². The van der Waals surface area contributed by atoms with E-state index in [0.29, 0.717) is 35.8 Å². The van der Waals surface area contributed by atoms with Crippen molar-refractivity contribution in [1.82, 2.24) is 24.8 Å². The van der Waals surface area contributed by atoms with E-state index in [1.165, 1.54) is 12.4 Å². The predicted molar refractivity (Wildman–Crippen MR) is 117 cm³/mol. The minimum atomic E-state index is -0.836. The summed E-state index contributed by atoms with van der Waals surface area (Å²) >= 11 is 3.43. The lowest BCUT2D eigenvalue weighted by molar-refractivity contribution is 0.0854. The van der Waals surface area contributed by atoms with Crippen molar-refractivity contribution >= 4 is 32.8 Å². The van der Waals surface area contributed by atoms with Crippen LogP contribution in [0.15, 0.2) is 62.6 Å². The number of hydrogen-bond acceptors (Lipinski definition) is 6. The monoisotopic (exact) mass is 479 g/mol. The highest BCUT2D eigenvalue weighted by molar-refractivity contribution is 9.10. The van der Waals surface area contributed by atoms with Crippen molar-refractivity contribution in [3.05, 3.63) is 75.3 Å². The first-order valence-corrected chi connectivity index (χ1v) is 10.6. The van der Waals surface area contributed by atoms with Gasteiger partial charge in [-0.25, -0.2) is 15.0 Å². The number of aromatic nitrogens is 4. The van der Waals surface area contributed by atoms with Gasteiger partial charge < -0.3 is 9.73 Å². The van der Waals surface area contributed by atoms with Gasteiger partial charge in [-0.15, -0.1) is 0 Å². The molecule has 1 unspecified atom stereocenters. The maximum absolute atomic E-state index is 13.1. The molecular weight excluding hydrogens is 462 g/mol. The maximum Gasteiger partial charge on any atom is 0.287 e.